The van der Waals surface area contributed by atoms with Crippen molar-refractivity contribution >= 4 is 38.9 Å². The molecule has 11 heteroatoms. The third-order valence-electron chi connectivity index (χ3n) is 5.79. The molecule has 0 aliphatic heterocycles. The number of rotatable bonds is 9. The molecule has 0 unspecified atom stereocenters. The Hall–Kier alpha value is -3.37. The number of nitrogens with one attached hydrogen (secondary N) is 1. The molecule has 0 atom stereocenters. The summed E-state index contributed by atoms with van der Waals surface area (Å²) in [6, 6.07) is 19.1. The van der Waals surface area contributed by atoms with Gasteiger partial charge in [0.15, 0.2) is 0 Å². The zero-order valence-corrected chi connectivity index (χ0v) is 22.5. The van der Waals surface area contributed by atoms with Crippen molar-refractivity contribution in [2.24, 2.45) is 5.10 Å². The third kappa shape index (κ3) is 7.14. The Morgan fingerprint density at radius 2 is 1.53 bits per heavy atom. The molecule has 6 nitrogen and oxygen atoms in total. The van der Waals surface area contributed by atoms with Crippen molar-refractivity contribution in [2.45, 2.75) is 43.7 Å². The van der Waals surface area contributed by atoms with E-state index in [9.17, 15) is 26.4 Å². The number of amides is 1. The van der Waals surface area contributed by atoms with Crippen molar-refractivity contribution in [3.05, 3.63) is 95.0 Å². The van der Waals surface area contributed by atoms with Crippen LogP contribution in [0, 0.1) is 0 Å². The van der Waals surface area contributed by atoms with E-state index in [4.69, 9.17) is 11.6 Å². The Labute approximate surface area is 225 Å². The Morgan fingerprint density at radius 1 is 0.947 bits per heavy atom. The van der Waals surface area contributed by atoms with Gasteiger partial charge in [-0.2, -0.15) is 18.3 Å². The number of hydrogen-bond donors (Lipinski definition) is 1. The van der Waals surface area contributed by atoms with Crippen LogP contribution in [0.25, 0.3) is 0 Å². The van der Waals surface area contributed by atoms with E-state index in [-0.39, 0.29) is 15.3 Å². The smallest absolute Gasteiger partial charge is 0.271 e. The van der Waals surface area contributed by atoms with Crippen LogP contribution in [0.2, 0.25) is 5.02 Å². The summed E-state index contributed by atoms with van der Waals surface area (Å²) in [6.45, 7) is 4.91. The second kappa shape index (κ2) is 11.6. The molecule has 0 fully saturated rings. The highest BCUT2D eigenvalue weighted by atomic mass is 35.5. The molecular formula is C27H27ClF3N3O3S. The molecule has 0 saturated heterocycles. The maximum absolute atomic E-state index is 13.4. The zero-order chi connectivity index (χ0) is 28.1. The Bertz CT molecular complexity index is 1410. The van der Waals surface area contributed by atoms with E-state index in [2.05, 4.69) is 10.5 Å². The summed E-state index contributed by atoms with van der Waals surface area (Å²) in [5, 5.41) is 3.83. The molecule has 0 radical (unpaired) electrons. The summed E-state index contributed by atoms with van der Waals surface area (Å²) in [4.78, 5) is 12.6. The molecule has 3 aromatic rings. The maximum Gasteiger partial charge on any atom is 0.416 e. The Kier molecular flexibility index (Phi) is 8.89. The first-order valence-corrected chi connectivity index (χ1v) is 13.4. The fourth-order valence-electron chi connectivity index (χ4n) is 3.89. The van der Waals surface area contributed by atoms with Gasteiger partial charge >= 0.3 is 6.18 Å². The van der Waals surface area contributed by atoms with Crippen LogP contribution >= 0.6 is 11.6 Å². The van der Waals surface area contributed by atoms with E-state index < -0.39 is 39.9 Å². The number of alkyl halides is 3. The quantitative estimate of drug-likeness (QED) is 0.240. The predicted octanol–water partition coefficient (Wildman–Crippen LogP) is 6.41. The first-order valence-electron chi connectivity index (χ1n) is 11.5. The lowest BCUT2D eigenvalue weighted by atomic mass is 9.80. The lowest BCUT2D eigenvalue weighted by Crippen LogP contribution is -2.40. The molecule has 3 aromatic carbocycles. The second-order valence-corrected chi connectivity index (χ2v) is 11.6. The fourth-order valence-corrected chi connectivity index (χ4v) is 5.62. The second-order valence-electron chi connectivity index (χ2n) is 9.30. The highest BCUT2D eigenvalue weighted by Gasteiger charge is 2.34. The minimum absolute atomic E-state index is 0.217. The maximum atomic E-state index is 13.4. The van der Waals surface area contributed by atoms with Crippen molar-refractivity contribution in [1.82, 2.24) is 5.43 Å². The number of hydrogen-bond acceptors (Lipinski definition) is 4. The first kappa shape index (κ1) is 29.2. The molecule has 3 rings (SSSR count). The average molecular weight is 566 g/mol. The van der Waals surface area contributed by atoms with Crippen molar-refractivity contribution in [1.29, 1.82) is 0 Å². The zero-order valence-electron chi connectivity index (χ0n) is 21.0. The van der Waals surface area contributed by atoms with Gasteiger partial charge in [-0.15, -0.1) is 0 Å². The van der Waals surface area contributed by atoms with Crippen LogP contribution in [-0.4, -0.2) is 26.6 Å². The summed E-state index contributed by atoms with van der Waals surface area (Å²) in [7, 11) is -4.47. The van der Waals surface area contributed by atoms with Crippen LogP contribution in [0.15, 0.2) is 88.9 Å². The Morgan fingerprint density at radius 3 is 2.11 bits per heavy atom. The van der Waals surface area contributed by atoms with E-state index in [0.29, 0.717) is 22.5 Å². The summed E-state index contributed by atoms with van der Waals surface area (Å²) >= 11 is 6.14. The van der Waals surface area contributed by atoms with Crippen molar-refractivity contribution in [2.75, 3.05) is 10.8 Å². The number of anilines is 1. The SMILES string of the molecule is C/C(CC(C)(C)c1ccccc1)=N\NC(=O)CN(c1cc(C(F)(F)F)ccc1Cl)S(=O)(=O)c1ccccc1. The van der Waals surface area contributed by atoms with Gasteiger partial charge in [-0.25, -0.2) is 13.8 Å². The number of carbonyl (C=O) groups is 1. The van der Waals surface area contributed by atoms with Gasteiger partial charge in [0.2, 0.25) is 0 Å². The van der Waals surface area contributed by atoms with Crippen LogP contribution in [0.4, 0.5) is 18.9 Å². The molecule has 38 heavy (non-hydrogen) atoms. The molecular weight excluding hydrogens is 539 g/mol. The molecule has 0 bridgehead atoms. The molecule has 1 amide bonds. The van der Waals surface area contributed by atoms with E-state index in [0.717, 1.165) is 17.7 Å². The summed E-state index contributed by atoms with van der Waals surface area (Å²) in [5.74, 6) is -0.852. The lowest BCUT2D eigenvalue weighted by molar-refractivity contribution is -0.137. The van der Waals surface area contributed by atoms with Crippen LogP contribution in [0.5, 0.6) is 0 Å². The first-order chi connectivity index (χ1) is 17.7. The van der Waals surface area contributed by atoms with Crippen molar-refractivity contribution < 1.29 is 26.4 Å². The highest BCUT2D eigenvalue weighted by molar-refractivity contribution is 7.92. The van der Waals surface area contributed by atoms with Gasteiger partial charge < -0.3 is 0 Å². The minimum atomic E-state index is -4.75. The topological polar surface area (TPSA) is 78.8 Å². The van der Waals surface area contributed by atoms with E-state index >= 15 is 0 Å². The van der Waals surface area contributed by atoms with Gasteiger partial charge in [0.25, 0.3) is 15.9 Å². The van der Waals surface area contributed by atoms with E-state index in [1.807, 2.05) is 44.2 Å². The van der Waals surface area contributed by atoms with E-state index in [1.165, 1.54) is 24.3 Å². The largest absolute Gasteiger partial charge is 0.416 e. The van der Waals surface area contributed by atoms with Gasteiger partial charge in [0, 0.05) is 5.71 Å². The number of nitrogens with zero attached hydrogens (tertiary/aromatic N) is 2. The standard InChI is InChI=1S/C27H27ClF3N3O3S/c1-19(17-26(2,3)20-10-6-4-7-11-20)32-33-25(35)18-34(38(36,37)22-12-8-5-9-13-22)24-16-21(27(29,30)31)14-15-23(24)28/h4-16H,17-18H2,1-3H3,(H,33,35)/b32-19+. The third-order valence-corrected chi connectivity index (χ3v) is 7.88. The molecule has 0 aromatic heterocycles. The Balaban J connectivity index is 1.90. The van der Waals surface area contributed by atoms with Crippen LogP contribution < -0.4 is 9.73 Å². The molecule has 0 aliphatic carbocycles. The van der Waals surface area contributed by atoms with E-state index in [1.54, 1.807) is 13.0 Å². The van der Waals surface area contributed by atoms with Gasteiger partial charge in [0.05, 0.1) is 21.2 Å². The molecule has 0 saturated carbocycles. The molecule has 202 valence electrons. The van der Waals surface area contributed by atoms with Crippen molar-refractivity contribution in [3.63, 3.8) is 0 Å². The van der Waals surface area contributed by atoms with Gasteiger partial charge in [-0.05, 0) is 54.7 Å². The van der Waals surface area contributed by atoms with Gasteiger partial charge in [-0.1, -0.05) is 74.0 Å². The van der Waals surface area contributed by atoms with Crippen LogP contribution in [0.3, 0.4) is 0 Å². The lowest BCUT2D eigenvalue weighted by Gasteiger charge is -2.26. The summed E-state index contributed by atoms with van der Waals surface area (Å²) in [5.41, 5.74) is 2.08. The molecule has 0 spiro atoms. The average Bonchev–Trinajstić information content (AvgIpc) is 2.86. The van der Waals surface area contributed by atoms with Crippen LogP contribution in [0.1, 0.15) is 38.3 Å². The molecule has 0 aliphatic rings. The number of carbonyl (C=O) groups excluding carboxylic acids is 1. The molecule has 1 N–H and O–H groups in total. The predicted molar refractivity (Wildman–Crippen MR) is 143 cm³/mol. The number of halogens is 4. The highest BCUT2D eigenvalue weighted by Crippen LogP contribution is 2.37. The minimum Gasteiger partial charge on any atom is -0.271 e. The normalized spacial score (nSPS) is 12.8. The van der Waals surface area contributed by atoms with Gasteiger partial charge in [-0.3, -0.25) is 9.10 Å². The number of hydrazone groups is 1. The monoisotopic (exact) mass is 565 g/mol. The van der Waals surface area contributed by atoms with Crippen molar-refractivity contribution in [3.8, 4) is 0 Å². The summed E-state index contributed by atoms with van der Waals surface area (Å²) in [6.07, 6.45) is -4.26. The molecule has 0 heterocycles. The summed E-state index contributed by atoms with van der Waals surface area (Å²) < 4.78 is 67.6. The number of sulfonamides is 1. The van der Waals surface area contributed by atoms with Crippen LogP contribution in [-0.2, 0) is 26.4 Å². The fraction of sp³-hybridized carbons (Fsp3) is 0.259. The number of benzene rings is 3. The van der Waals surface area contributed by atoms with Gasteiger partial charge in [0.1, 0.15) is 6.54 Å².